The number of ether oxygens (including phenoxy) is 1. The predicted molar refractivity (Wildman–Crippen MR) is 111 cm³/mol. The van der Waals surface area contributed by atoms with E-state index in [2.05, 4.69) is 15.2 Å². The molecule has 0 bridgehead atoms. The molecule has 0 spiro atoms. The van der Waals surface area contributed by atoms with Crippen LogP contribution in [0.5, 0.6) is 5.75 Å². The Bertz CT molecular complexity index is 1140. The summed E-state index contributed by atoms with van der Waals surface area (Å²) in [6.07, 6.45) is -0.102. The molecule has 0 aliphatic heterocycles. The van der Waals surface area contributed by atoms with Crippen LogP contribution in [0.3, 0.4) is 0 Å². The van der Waals surface area contributed by atoms with Gasteiger partial charge in [0.15, 0.2) is 10.2 Å². The maximum atomic E-state index is 10.9. The topological polar surface area (TPSA) is 90.1 Å². The fourth-order valence-corrected chi connectivity index (χ4v) is 4.59. The third-order valence-electron chi connectivity index (χ3n) is 4.04. The minimum atomic E-state index is -0.905. The van der Waals surface area contributed by atoms with Crippen LogP contribution in [0, 0.1) is 0 Å². The van der Waals surface area contributed by atoms with Gasteiger partial charge in [0.05, 0.1) is 24.8 Å². The number of carboxylic acid groups (broad SMARTS) is 1. The molecule has 29 heavy (non-hydrogen) atoms. The van der Waals surface area contributed by atoms with E-state index in [4.69, 9.17) is 9.84 Å². The molecule has 0 radical (unpaired) electrons. The van der Waals surface area contributed by atoms with Crippen LogP contribution in [0.2, 0.25) is 0 Å². The minimum absolute atomic E-state index is 0.102. The standard InChI is InChI=1S/C20H16N4O3S2/c1-27-16-10-6-5-9-15(16)18-22-23-19(24(18)14-7-3-2-4-8-14)29-20-21-13(12-28-20)11-17(25)26/h2-10,12H,11H2,1H3,(H,25,26). The second-order valence-electron chi connectivity index (χ2n) is 5.95. The SMILES string of the molecule is COc1ccccc1-c1nnc(Sc2nc(CC(=O)O)cs2)n1-c1ccccc1. The Morgan fingerprint density at radius 1 is 1.14 bits per heavy atom. The zero-order valence-corrected chi connectivity index (χ0v) is 17.0. The van der Waals surface area contributed by atoms with Gasteiger partial charge in [0, 0.05) is 11.1 Å². The molecule has 4 aromatic rings. The number of benzene rings is 2. The normalized spacial score (nSPS) is 10.8. The van der Waals surface area contributed by atoms with Crippen molar-refractivity contribution in [2.45, 2.75) is 15.9 Å². The van der Waals surface area contributed by atoms with Crippen LogP contribution in [0.4, 0.5) is 0 Å². The summed E-state index contributed by atoms with van der Waals surface area (Å²) in [6, 6.07) is 17.4. The van der Waals surface area contributed by atoms with Crippen LogP contribution in [0.25, 0.3) is 17.1 Å². The van der Waals surface area contributed by atoms with E-state index >= 15 is 0 Å². The van der Waals surface area contributed by atoms with E-state index in [0.29, 0.717) is 26.8 Å². The quantitative estimate of drug-likeness (QED) is 0.476. The molecule has 0 saturated carbocycles. The van der Waals surface area contributed by atoms with Crippen LogP contribution in [-0.4, -0.2) is 37.9 Å². The number of hydrogen-bond donors (Lipinski definition) is 1. The number of thiazole rings is 1. The average molecular weight is 425 g/mol. The number of aliphatic carboxylic acids is 1. The molecule has 2 aromatic heterocycles. The van der Waals surface area contributed by atoms with Crippen LogP contribution >= 0.6 is 23.1 Å². The molecule has 9 heteroatoms. The van der Waals surface area contributed by atoms with Crippen LogP contribution < -0.4 is 4.74 Å². The Kier molecular flexibility index (Phi) is 5.59. The molecule has 146 valence electrons. The Morgan fingerprint density at radius 3 is 2.66 bits per heavy atom. The summed E-state index contributed by atoms with van der Waals surface area (Å²) in [4.78, 5) is 15.3. The summed E-state index contributed by atoms with van der Waals surface area (Å²) in [5, 5.41) is 20.1. The van der Waals surface area contributed by atoms with Crippen molar-refractivity contribution in [3.8, 4) is 22.8 Å². The summed E-state index contributed by atoms with van der Waals surface area (Å²) in [7, 11) is 1.62. The van der Waals surface area contributed by atoms with Gasteiger partial charge in [-0.05, 0) is 36.0 Å². The number of carbonyl (C=O) groups is 1. The summed E-state index contributed by atoms with van der Waals surface area (Å²) in [5.41, 5.74) is 2.26. The summed E-state index contributed by atoms with van der Waals surface area (Å²) >= 11 is 2.73. The molecular weight excluding hydrogens is 408 g/mol. The first-order chi connectivity index (χ1) is 14.2. The van der Waals surface area contributed by atoms with Gasteiger partial charge in [0.2, 0.25) is 5.16 Å². The van der Waals surface area contributed by atoms with E-state index in [-0.39, 0.29) is 6.42 Å². The molecule has 0 unspecified atom stereocenters. The number of aromatic nitrogens is 4. The van der Waals surface area contributed by atoms with Crippen LogP contribution in [0.1, 0.15) is 5.69 Å². The highest BCUT2D eigenvalue weighted by Gasteiger charge is 2.20. The lowest BCUT2D eigenvalue weighted by Gasteiger charge is -2.11. The molecule has 0 fully saturated rings. The molecule has 1 N–H and O–H groups in total. The van der Waals surface area contributed by atoms with Crippen molar-refractivity contribution in [1.82, 2.24) is 19.7 Å². The van der Waals surface area contributed by atoms with E-state index in [1.54, 1.807) is 12.5 Å². The molecule has 4 rings (SSSR count). The van der Waals surface area contributed by atoms with Gasteiger partial charge < -0.3 is 9.84 Å². The van der Waals surface area contributed by atoms with Gasteiger partial charge in [0.25, 0.3) is 0 Å². The number of nitrogens with zero attached hydrogens (tertiary/aromatic N) is 4. The molecule has 7 nitrogen and oxygen atoms in total. The fourth-order valence-electron chi connectivity index (χ4n) is 2.80. The lowest BCUT2D eigenvalue weighted by atomic mass is 10.2. The largest absolute Gasteiger partial charge is 0.496 e. The third kappa shape index (κ3) is 4.15. The number of carboxylic acids is 1. The first kappa shape index (κ1) is 19.2. The monoisotopic (exact) mass is 424 g/mol. The highest BCUT2D eigenvalue weighted by molar-refractivity contribution is 8.00. The fraction of sp³-hybridized carbons (Fsp3) is 0.100. The minimum Gasteiger partial charge on any atom is -0.496 e. The van der Waals surface area contributed by atoms with Crippen molar-refractivity contribution < 1.29 is 14.6 Å². The van der Waals surface area contributed by atoms with Crippen LogP contribution in [0.15, 0.2) is 69.5 Å². The van der Waals surface area contributed by atoms with E-state index < -0.39 is 5.97 Å². The Balaban J connectivity index is 1.78. The van der Waals surface area contributed by atoms with Gasteiger partial charge in [-0.25, -0.2) is 4.98 Å². The number of para-hydroxylation sites is 2. The van der Waals surface area contributed by atoms with E-state index in [1.807, 2.05) is 59.2 Å². The first-order valence-electron chi connectivity index (χ1n) is 8.64. The Labute approximate surface area is 175 Å². The van der Waals surface area contributed by atoms with Crippen molar-refractivity contribution in [3.63, 3.8) is 0 Å². The maximum Gasteiger partial charge on any atom is 0.309 e. The van der Waals surface area contributed by atoms with Crippen molar-refractivity contribution in [2.24, 2.45) is 0 Å². The molecule has 0 aliphatic carbocycles. The lowest BCUT2D eigenvalue weighted by molar-refractivity contribution is -0.136. The van der Waals surface area contributed by atoms with E-state index in [0.717, 1.165) is 11.3 Å². The Morgan fingerprint density at radius 2 is 1.90 bits per heavy atom. The zero-order valence-electron chi connectivity index (χ0n) is 15.3. The highest BCUT2D eigenvalue weighted by Crippen LogP contribution is 2.36. The van der Waals surface area contributed by atoms with Crippen molar-refractivity contribution in [2.75, 3.05) is 7.11 Å². The number of rotatable bonds is 7. The molecular formula is C20H16N4O3S2. The lowest BCUT2D eigenvalue weighted by Crippen LogP contribution is -2.01. The predicted octanol–water partition coefficient (Wildman–Crippen LogP) is 4.18. The number of methoxy groups -OCH3 is 1. The van der Waals surface area contributed by atoms with Gasteiger partial charge in [-0.3, -0.25) is 9.36 Å². The van der Waals surface area contributed by atoms with Gasteiger partial charge >= 0.3 is 5.97 Å². The maximum absolute atomic E-state index is 10.9. The smallest absolute Gasteiger partial charge is 0.309 e. The second-order valence-corrected chi connectivity index (χ2v) is 8.03. The molecule has 2 heterocycles. The molecule has 2 aromatic carbocycles. The van der Waals surface area contributed by atoms with Gasteiger partial charge in [-0.15, -0.1) is 21.5 Å². The third-order valence-corrected chi connectivity index (χ3v) is 5.97. The Hall–Kier alpha value is -3.17. The van der Waals surface area contributed by atoms with E-state index in [9.17, 15) is 4.79 Å². The van der Waals surface area contributed by atoms with Crippen molar-refractivity contribution in [1.29, 1.82) is 0 Å². The highest BCUT2D eigenvalue weighted by atomic mass is 32.2. The number of hydrogen-bond acceptors (Lipinski definition) is 7. The van der Waals surface area contributed by atoms with Gasteiger partial charge in [-0.2, -0.15) is 0 Å². The summed E-state index contributed by atoms with van der Waals surface area (Å²) in [6.45, 7) is 0. The molecule has 0 atom stereocenters. The van der Waals surface area contributed by atoms with Crippen molar-refractivity contribution >= 4 is 29.1 Å². The van der Waals surface area contributed by atoms with E-state index in [1.165, 1.54) is 23.1 Å². The second kappa shape index (κ2) is 8.46. The summed E-state index contributed by atoms with van der Waals surface area (Å²) in [5.74, 6) is 0.447. The summed E-state index contributed by atoms with van der Waals surface area (Å²) < 4.78 is 8.16. The van der Waals surface area contributed by atoms with Crippen molar-refractivity contribution in [3.05, 3.63) is 65.7 Å². The molecule has 0 saturated heterocycles. The molecule has 0 amide bonds. The average Bonchev–Trinajstić information content (AvgIpc) is 3.35. The first-order valence-corrected chi connectivity index (χ1v) is 10.3. The van der Waals surface area contributed by atoms with Crippen LogP contribution in [-0.2, 0) is 11.2 Å². The van der Waals surface area contributed by atoms with Gasteiger partial charge in [-0.1, -0.05) is 30.3 Å². The van der Waals surface area contributed by atoms with Gasteiger partial charge in [0.1, 0.15) is 5.75 Å². The molecule has 0 aliphatic rings. The zero-order chi connectivity index (χ0) is 20.2.